The van der Waals surface area contributed by atoms with Crippen LogP contribution in [0.4, 0.5) is 5.69 Å². The molecule has 1 fully saturated rings. The molecule has 0 saturated heterocycles. The van der Waals surface area contributed by atoms with E-state index < -0.39 is 0 Å². The summed E-state index contributed by atoms with van der Waals surface area (Å²) in [5, 5.41) is 2.93. The molecule has 2 aromatic carbocycles. The van der Waals surface area contributed by atoms with Crippen LogP contribution in [-0.4, -0.2) is 36.4 Å². The number of carbonyl (C=O) groups excluding carboxylic acids is 2. The number of nitrogens with one attached hydrogen (secondary N) is 1. The molecule has 1 aliphatic rings. The minimum Gasteiger partial charge on any atom is -0.493 e. The van der Waals surface area contributed by atoms with Gasteiger partial charge in [-0.05, 0) is 43.5 Å². The lowest BCUT2D eigenvalue weighted by Crippen LogP contribution is -2.38. The largest absolute Gasteiger partial charge is 0.493 e. The normalized spacial score (nSPS) is 14.2. The number of carbonyl (C=O) groups is 2. The summed E-state index contributed by atoms with van der Waals surface area (Å²) in [4.78, 5) is 28.0. The monoisotopic (exact) mass is 408 g/mol. The van der Waals surface area contributed by atoms with Gasteiger partial charge in [-0.3, -0.25) is 9.59 Å². The van der Waals surface area contributed by atoms with Gasteiger partial charge >= 0.3 is 0 Å². The first-order chi connectivity index (χ1) is 14.6. The lowest BCUT2D eigenvalue weighted by atomic mass is 9.94. The van der Waals surface area contributed by atoms with Crippen molar-refractivity contribution >= 4 is 17.5 Å². The number of hydrogen-bond donors (Lipinski definition) is 1. The average molecular weight is 409 g/mol. The Kier molecular flexibility index (Phi) is 7.89. The van der Waals surface area contributed by atoms with Crippen LogP contribution in [0, 0.1) is 0 Å². The molecule has 1 aliphatic carbocycles. The molecule has 0 bridgehead atoms. The number of hydrogen-bond acceptors (Lipinski definition) is 3. The van der Waals surface area contributed by atoms with Crippen molar-refractivity contribution in [2.45, 2.75) is 57.9 Å². The molecule has 0 spiro atoms. The number of nitrogens with zero attached hydrogens (tertiary/aromatic N) is 1. The van der Waals surface area contributed by atoms with Crippen LogP contribution in [0.15, 0.2) is 48.5 Å². The SMILES string of the molecule is CCCCOc1ccccc1C(=O)Nc1ccccc1C(=O)N(C)C1CCCCC1. The summed E-state index contributed by atoms with van der Waals surface area (Å²) in [5.74, 6) is 0.236. The second-order valence-corrected chi connectivity index (χ2v) is 7.91. The molecule has 5 nitrogen and oxygen atoms in total. The van der Waals surface area contributed by atoms with E-state index in [-0.39, 0.29) is 17.9 Å². The van der Waals surface area contributed by atoms with Gasteiger partial charge in [-0.2, -0.15) is 0 Å². The minimum absolute atomic E-state index is 0.0507. The molecule has 0 radical (unpaired) electrons. The molecule has 0 aromatic heterocycles. The highest BCUT2D eigenvalue weighted by Crippen LogP contribution is 2.26. The van der Waals surface area contributed by atoms with Crippen molar-refractivity contribution in [1.29, 1.82) is 0 Å². The Morgan fingerprint density at radius 2 is 1.67 bits per heavy atom. The molecule has 2 amide bonds. The van der Waals surface area contributed by atoms with E-state index in [9.17, 15) is 9.59 Å². The first-order valence-corrected chi connectivity index (χ1v) is 11.0. The summed E-state index contributed by atoms with van der Waals surface area (Å²) in [6, 6.07) is 14.7. The summed E-state index contributed by atoms with van der Waals surface area (Å²) in [5.41, 5.74) is 1.51. The lowest BCUT2D eigenvalue weighted by molar-refractivity contribution is 0.0697. The van der Waals surface area contributed by atoms with Crippen molar-refractivity contribution in [1.82, 2.24) is 4.90 Å². The fourth-order valence-electron chi connectivity index (χ4n) is 3.90. The molecular weight excluding hydrogens is 376 g/mol. The van der Waals surface area contributed by atoms with Gasteiger partial charge in [0.2, 0.25) is 0 Å². The fourth-order valence-corrected chi connectivity index (χ4v) is 3.90. The van der Waals surface area contributed by atoms with Crippen LogP contribution < -0.4 is 10.1 Å². The molecule has 160 valence electrons. The van der Waals surface area contributed by atoms with Crippen LogP contribution in [0.25, 0.3) is 0 Å². The third-order valence-electron chi connectivity index (χ3n) is 5.74. The maximum absolute atomic E-state index is 13.2. The molecule has 0 heterocycles. The van der Waals surface area contributed by atoms with Gasteiger partial charge in [-0.15, -0.1) is 0 Å². The van der Waals surface area contributed by atoms with Gasteiger partial charge in [0, 0.05) is 13.1 Å². The summed E-state index contributed by atoms with van der Waals surface area (Å²) in [6.07, 6.45) is 7.60. The van der Waals surface area contributed by atoms with E-state index >= 15 is 0 Å². The molecular formula is C25H32N2O3. The number of amides is 2. The molecule has 1 N–H and O–H groups in total. The maximum Gasteiger partial charge on any atom is 0.259 e. The van der Waals surface area contributed by atoms with Crippen LogP contribution in [0.1, 0.15) is 72.6 Å². The second kappa shape index (κ2) is 10.8. The van der Waals surface area contributed by atoms with Gasteiger partial charge in [0.15, 0.2) is 0 Å². The summed E-state index contributed by atoms with van der Waals surface area (Å²) >= 11 is 0. The average Bonchev–Trinajstić information content (AvgIpc) is 2.79. The van der Waals surface area contributed by atoms with E-state index in [0.717, 1.165) is 38.5 Å². The summed E-state index contributed by atoms with van der Waals surface area (Å²) < 4.78 is 5.80. The molecule has 3 rings (SSSR count). The van der Waals surface area contributed by atoms with E-state index in [1.54, 1.807) is 24.3 Å². The van der Waals surface area contributed by atoms with Crippen LogP contribution in [0.2, 0.25) is 0 Å². The van der Waals surface area contributed by atoms with Gasteiger partial charge < -0.3 is 15.0 Å². The van der Waals surface area contributed by atoms with E-state index in [0.29, 0.717) is 29.2 Å². The highest BCUT2D eigenvalue weighted by atomic mass is 16.5. The number of unbranched alkanes of at least 4 members (excludes halogenated alkanes) is 1. The number of anilines is 1. The Balaban J connectivity index is 1.76. The number of ether oxygens (including phenoxy) is 1. The third-order valence-corrected chi connectivity index (χ3v) is 5.74. The van der Waals surface area contributed by atoms with Crippen molar-refractivity contribution < 1.29 is 14.3 Å². The van der Waals surface area contributed by atoms with Crippen molar-refractivity contribution in [3.8, 4) is 5.75 Å². The van der Waals surface area contributed by atoms with E-state index in [2.05, 4.69) is 12.2 Å². The zero-order valence-corrected chi connectivity index (χ0v) is 18.0. The van der Waals surface area contributed by atoms with Gasteiger partial charge in [-0.1, -0.05) is 56.9 Å². The predicted octanol–water partition coefficient (Wildman–Crippen LogP) is 5.52. The highest BCUT2D eigenvalue weighted by molar-refractivity contribution is 6.10. The van der Waals surface area contributed by atoms with E-state index in [1.165, 1.54) is 6.42 Å². The van der Waals surface area contributed by atoms with Crippen LogP contribution in [-0.2, 0) is 0 Å². The fraction of sp³-hybridized carbons (Fsp3) is 0.440. The van der Waals surface area contributed by atoms with Gasteiger partial charge in [0.1, 0.15) is 5.75 Å². The minimum atomic E-state index is -0.275. The topological polar surface area (TPSA) is 58.6 Å². The first kappa shape index (κ1) is 21.9. The predicted molar refractivity (Wildman–Crippen MR) is 120 cm³/mol. The molecule has 0 atom stereocenters. The Hall–Kier alpha value is -2.82. The Morgan fingerprint density at radius 3 is 2.40 bits per heavy atom. The van der Waals surface area contributed by atoms with Crippen molar-refractivity contribution in [2.75, 3.05) is 19.0 Å². The van der Waals surface area contributed by atoms with Crippen molar-refractivity contribution in [3.05, 3.63) is 59.7 Å². The molecule has 30 heavy (non-hydrogen) atoms. The standard InChI is InChI=1S/C25H32N2O3/c1-3-4-18-30-23-17-11-9-15-21(23)24(28)26-22-16-10-8-14-20(22)25(29)27(2)19-12-6-5-7-13-19/h8-11,14-17,19H,3-7,12-13,18H2,1-2H3,(H,26,28). The van der Waals surface area contributed by atoms with E-state index in [4.69, 9.17) is 4.74 Å². The van der Waals surface area contributed by atoms with Crippen molar-refractivity contribution in [2.24, 2.45) is 0 Å². The first-order valence-electron chi connectivity index (χ1n) is 11.0. The number of benzene rings is 2. The Labute approximate surface area is 179 Å². The maximum atomic E-state index is 13.2. The molecule has 0 unspecified atom stereocenters. The van der Waals surface area contributed by atoms with Crippen LogP contribution in [0.5, 0.6) is 5.75 Å². The summed E-state index contributed by atoms with van der Waals surface area (Å²) in [6.45, 7) is 2.67. The van der Waals surface area contributed by atoms with Crippen LogP contribution >= 0.6 is 0 Å². The molecule has 2 aromatic rings. The Bertz CT molecular complexity index is 859. The zero-order valence-electron chi connectivity index (χ0n) is 18.0. The summed E-state index contributed by atoms with van der Waals surface area (Å²) in [7, 11) is 1.87. The molecule has 5 heteroatoms. The number of rotatable bonds is 8. The smallest absolute Gasteiger partial charge is 0.259 e. The van der Waals surface area contributed by atoms with Gasteiger partial charge in [0.05, 0.1) is 23.4 Å². The molecule has 1 saturated carbocycles. The van der Waals surface area contributed by atoms with Gasteiger partial charge in [0.25, 0.3) is 11.8 Å². The third kappa shape index (κ3) is 5.41. The lowest BCUT2D eigenvalue weighted by Gasteiger charge is -2.31. The van der Waals surface area contributed by atoms with Crippen molar-refractivity contribution in [3.63, 3.8) is 0 Å². The second-order valence-electron chi connectivity index (χ2n) is 7.91. The zero-order chi connectivity index (χ0) is 21.3. The van der Waals surface area contributed by atoms with E-state index in [1.807, 2.05) is 36.2 Å². The quantitative estimate of drug-likeness (QED) is 0.585. The molecule has 0 aliphatic heterocycles. The number of para-hydroxylation sites is 2. The Morgan fingerprint density at radius 1 is 1.00 bits per heavy atom. The highest BCUT2D eigenvalue weighted by Gasteiger charge is 2.25. The van der Waals surface area contributed by atoms with Gasteiger partial charge in [-0.25, -0.2) is 0 Å². The van der Waals surface area contributed by atoms with Crippen LogP contribution in [0.3, 0.4) is 0 Å².